The van der Waals surface area contributed by atoms with Crippen LogP contribution in [0.4, 0.5) is 0 Å². The highest BCUT2D eigenvalue weighted by Gasteiger charge is 2.17. The maximum Gasteiger partial charge on any atom is 0.254 e. The minimum Gasteiger partial charge on any atom is -0.301 e. The molecule has 0 saturated carbocycles. The molecule has 5 heteroatoms. The molecule has 23 heavy (non-hydrogen) atoms. The van der Waals surface area contributed by atoms with Crippen molar-refractivity contribution >= 4 is 12.1 Å². The van der Waals surface area contributed by atoms with Gasteiger partial charge in [0.2, 0.25) is 0 Å². The van der Waals surface area contributed by atoms with Gasteiger partial charge in [-0.05, 0) is 23.6 Å². The van der Waals surface area contributed by atoms with Crippen LogP contribution in [0.25, 0.3) is 0 Å². The Balaban J connectivity index is 1.73. The molecule has 1 aromatic carbocycles. The second kappa shape index (κ2) is 8.79. The van der Waals surface area contributed by atoms with Crippen molar-refractivity contribution in [1.82, 2.24) is 15.2 Å². The lowest BCUT2D eigenvalue weighted by Gasteiger charge is -2.33. The van der Waals surface area contributed by atoms with Crippen LogP contribution in [0.2, 0.25) is 0 Å². The molecule has 0 aliphatic carbocycles. The highest BCUT2D eigenvalue weighted by atomic mass is 16.2. The van der Waals surface area contributed by atoms with Crippen LogP contribution in [-0.4, -0.2) is 61.2 Å². The number of hydrazone groups is 1. The van der Waals surface area contributed by atoms with E-state index in [4.69, 9.17) is 0 Å². The molecule has 1 heterocycles. The summed E-state index contributed by atoms with van der Waals surface area (Å²) in [5.41, 5.74) is 4.91. The summed E-state index contributed by atoms with van der Waals surface area (Å²) in [6, 6.07) is 8.24. The maximum atomic E-state index is 11.9. The molecule has 0 radical (unpaired) electrons. The van der Waals surface area contributed by atoms with E-state index in [-0.39, 0.29) is 5.91 Å². The van der Waals surface area contributed by atoms with Crippen LogP contribution in [0, 0.1) is 0 Å². The first kappa shape index (κ1) is 17.6. The Hall–Kier alpha value is -1.72. The van der Waals surface area contributed by atoms with Crippen molar-refractivity contribution in [3.63, 3.8) is 0 Å². The van der Waals surface area contributed by atoms with Crippen LogP contribution in [-0.2, 0) is 4.79 Å². The third-order valence-electron chi connectivity index (χ3n) is 4.29. The zero-order chi connectivity index (χ0) is 16.7. The Bertz CT molecular complexity index is 516. The summed E-state index contributed by atoms with van der Waals surface area (Å²) in [5.74, 6) is 0.471. The van der Waals surface area contributed by atoms with Crippen LogP contribution in [0.1, 0.15) is 37.8 Å². The van der Waals surface area contributed by atoms with E-state index in [9.17, 15) is 4.79 Å². The van der Waals surface area contributed by atoms with Crippen molar-refractivity contribution in [1.29, 1.82) is 0 Å². The monoisotopic (exact) mass is 316 g/mol. The molecule has 1 fully saturated rings. The van der Waals surface area contributed by atoms with Gasteiger partial charge in [-0.25, -0.2) is 5.43 Å². The van der Waals surface area contributed by atoms with E-state index in [0.717, 1.165) is 38.3 Å². The van der Waals surface area contributed by atoms with Gasteiger partial charge in [0.25, 0.3) is 5.91 Å². The van der Waals surface area contributed by atoms with Crippen molar-refractivity contribution in [2.24, 2.45) is 5.10 Å². The highest BCUT2D eigenvalue weighted by Crippen LogP contribution is 2.13. The number of rotatable bonds is 6. The molecular weight excluding hydrogens is 288 g/mol. The highest BCUT2D eigenvalue weighted by molar-refractivity contribution is 5.83. The summed E-state index contributed by atoms with van der Waals surface area (Å²) in [6.45, 7) is 12.0. The summed E-state index contributed by atoms with van der Waals surface area (Å²) in [6.07, 6.45) is 1.69. The number of nitrogens with one attached hydrogen (secondary N) is 1. The number of nitrogens with zero attached hydrogens (tertiary/aromatic N) is 3. The van der Waals surface area contributed by atoms with Crippen LogP contribution >= 0.6 is 0 Å². The van der Waals surface area contributed by atoms with E-state index < -0.39 is 0 Å². The zero-order valence-electron chi connectivity index (χ0n) is 14.5. The Morgan fingerprint density at radius 2 is 1.78 bits per heavy atom. The summed E-state index contributed by atoms with van der Waals surface area (Å²) >= 11 is 0. The minimum atomic E-state index is -0.0509. The predicted octanol–water partition coefficient (Wildman–Crippen LogP) is 1.90. The first-order valence-corrected chi connectivity index (χ1v) is 8.45. The number of carbonyl (C=O) groups excluding carboxylic acids is 1. The molecule has 1 amide bonds. The number of hydrogen-bond donors (Lipinski definition) is 1. The summed E-state index contributed by atoms with van der Waals surface area (Å²) in [4.78, 5) is 16.5. The summed E-state index contributed by atoms with van der Waals surface area (Å²) < 4.78 is 0. The standard InChI is InChI=1S/C18H28N4O/c1-4-21-9-11-22(12-10-21)14-18(23)20-19-13-16-5-7-17(8-6-16)15(2)3/h5-8,13,15H,4,9-12,14H2,1-3H3,(H,20,23). The van der Waals surface area contributed by atoms with E-state index in [0.29, 0.717) is 12.5 Å². The number of hydrogen-bond acceptors (Lipinski definition) is 4. The van der Waals surface area contributed by atoms with Crippen LogP contribution in [0.5, 0.6) is 0 Å². The minimum absolute atomic E-state index is 0.0509. The Kier molecular flexibility index (Phi) is 6.74. The molecule has 0 spiro atoms. The second-order valence-corrected chi connectivity index (χ2v) is 6.32. The molecule has 0 atom stereocenters. The molecule has 0 bridgehead atoms. The number of carbonyl (C=O) groups is 1. The molecule has 1 N–H and O–H groups in total. The Morgan fingerprint density at radius 1 is 1.17 bits per heavy atom. The Labute approximate surface area is 139 Å². The average molecular weight is 316 g/mol. The molecule has 126 valence electrons. The quantitative estimate of drug-likeness (QED) is 0.644. The fourth-order valence-corrected chi connectivity index (χ4v) is 2.65. The van der Waals surface area contributed by atoms with Crippen LogP contribution in [0.3, 0.4) is 0 Å². The number of benzene rings is 1. The number of piperazine rings is 1. The third kappa shape index (κ3) is 5.77. The zero-order valence-corrected chi connectivity index (χ0v) is 14.5. The van der Waals surface area contributed by atoms with Crippen LogP contribution in [0.15, 0.2) is 29.4 Å². The summed E-state index contributed by atoms with van der Waals surface area (Å²) in [7, 11) is 0. The van der Waals surface area contributed by atoms with E-state index in [1.165, 1.54) is 5.56 Å². The van der Waals surface area contributed by atoms with Crippen molar-refractivity contribution in [2.45, 2.75) is 26.7 Å². The molecule has 2 rings (SSSR count). The first-order chi connectivity index (χ1) is 11.1. The van der Waals surface area contributed by atoms with Gasteiger partial charge in [-0.3, -0.25) is 9.69 Å². The van der Waals surface area contributed by atoms with Gasteiger partial charge in [-0.1, -0.05) is 45.0 Å². The largest absolute Gasteiger partial charge is 0.301 e. The van der Waals surface area contributed by atoms with E-state index >= 15 is 0 Å². The van der Waals surface area contributed by atoms with Crippen molar-refractivity contribution in [2.75, 3.05) is 39.3 Å². The van der Waals surface area contributed by atoms with Crippen LogP contribution < -0.4 is 5.43 Å². The molecule has 5 nitrogen and oxygen atoms in total. The predicted molar refractivity (Wildman–Crippen MR) is 94.8 cm³/mol. The van der Waals surface area contributed by atoms with Crippen molar-refractivity contribution in [3.05, 3.63) is 35.4 Å². The molecule has 1 aliphatic rings. The third-order valence-corrected chi connectivity index (χ3v) is 4.29. The van der Waals surface area contributed by atoms with Gasteiger partial charge < -0.3 is 4.90 Å². The van der Waals surface area contributed by atoms with Crippen molar-refractivity contribution < 1.29 is 4.79 Å². The normalized spacial score (nSPS) is 17.0. The van der Waals surface area contributed by atoms with E-state index in [1.807, 2.05) is 12.1 Å². The number of amides is 1. The topological polar surface area (TPSA) is 47.9 Å². The van der Waals surface area contributed by atoms with Gasteiger partial charge in [-0.2, -0.15) is 5.10 Å². The fourth-order valence-electron chi connectivity index (χ4n) is 2.65. The van der Waals surface area contributed by atoms with Gasteiger partial charge in [0, 0.05) is 26.2 Å². The lowest BCUT2D eigenvalue weighted by atomic mass is 10.0. The smallest absolute Gasteiger partial charge is 0.254 e. The van der Waals surface area contributed by atoms with E-state index in [1.54, 1.807) is 6.21 Å². The maximum absolute atomic E-state index is 11.9. The average Bonchev–Trinajstić information content (AvgIpc) is 2.56. The molecule has 1 saturated heterocycles. The SMILES string of the molecule is CCN1CCN(CC(=O)NN=Cc2ccc(C(C)C)cc2)CC1. The second-order valence-electron chi connectivity index (χ2n) is 6.32. The first-order valence-electron chi connectivity index (χ1n) is 8.45. The molecular formula is C18H28N4O. The van der Waals surface area contributed by atoms with Gasteiger partial charge in [0.05, 0.1) is 12.8 Å². The lowest BCUT2D eigenvalue weighted by molar-refractivity contribution is -0.122. The lowest BCUT2D eigenvalue weighted by Crippen LogP contribution is -2.48. The Morgan fingerprint density at radius 3 is 2.35 bits per heavy atom. The molecule has 1 aliphatic heterocycles. The fraction of sp³-hybridized carbons (Fsp3) is 0.556. The van der Waals surface area contributed by atoms with Gasteiger partial charge in [0.15, 0.2) is 0 Å². The van der Waals surface area contributed by atoms with Gasteiger partial charge in [0.1, 0.15) is 0 Å². The van der Waals surface area contributed by atoms with Gasteiger partial charge >= 0.3 is 0 Å². The molecule has 0 aromatic heterocycles. The molecule has 0 unspecified atom stereocenters. The van der Waals surface area contributed by atoms with Crippen molar-refractivity contribution in [3.8, 4) is 0 Å². The van der Waals surface area contributed by atoms with Gasteiger partial charge in [-0.15, -0.1) is 0 Å². The molecule has 1 aromatic rings. The summed E-state index contributed by atoms with van der Waals surface area (Å²) in [5, 5.41) is 4.05. The van der Waals surface area contributed by atoms with E-state index in [2.05, 4.69) is 53.2 Å². The number of likely N-dealkylation sites (N-methyl/N-ethyl adjacent to an activating group) is 1.